The molecule has 3 amide bonds. The number of thiazole rings is 1. The van der Waals surface area contributed by atoms with Crippen LogP contribution in [-0.2, 0) is 11.3 Å². The van der Waals surface area contributed by atoms with Gasteiger partial charge in [0.2, 0.25) is 0 Å². The van der Waals surface area contributed by atoms with Crippen LogP contribution in [0, 0.1) is 0 Å². The van der Waals surface area contributed by atoms with Gasteiger partial charge >= 0.3 is 6.03 Å². The number of benzene rings is 3. The third kappa shape index (κ3) is 10.9. The van der Waals surface area contributed by atoms with Gasteiger partial charge in [0, 0.05) is 70.7 Å². The van der Waals surface area contributed by atoms with Gasteiger partial charge in [-0.25, -0.2) is 15.2 Å². The van der Waals surface area contributed by atoms with Gasteiger partial charge in [-0.2, -0.15) is 5.10 Å². The molecule has 1 aliphatic rings. The molecule has 3 aromatic carbocycles. The van der Waals surface area contributed by atoms with E-state index < -0.39 is 6.03 Å². The fourth-order valence-electron chi connectivity index (χ4n) is 4.47. The fraction of sp³-hybridized carbons (Fsp3) is 0.200. The Morgan fingerprint density at radius 2 is 1.56 bits per heavy atom. The zero-order valence-electron chi connectivity index (χ0n) is 23.8. The Hall–Kier alpha value is -3.42. The van der Waals surface area contributed by atoms with Crippen molar-refractivity contribution in [2.75, 3.05) is 43.4 Å². The van der Waals surface area contributed by atoms with E-state index in [1.165, 1.54) is 6.21 Å². The molecule has 1 fully saturated rings. The van der Waals surface area contributed by atoms with Gasteiger partial charge < -0.3 is 15.7 Å². The van der Waals surface area contributed by atoms with E-state index in [0.29, 0.717) is 27.0 Å². The van der Waals surface area contributed by atoms with Gasteiger partial charge in [0.05, 0.1) is 18.5 Å². The normalized spacial score (nSPS) is 13.5. The molecule has 10 nitrogen and oxygen atoms in total. The smallest absolute Gasteiger partial charge is 0.323 e. The van der Waals surface area contributed by atoms with Crippen LogP contribution < -0.4 is 16.1 Å². The quantitative estimate of drug-likeness (QED) is 0.115. The summed E-state index contributed by atoms with van der Waals surface area (Å²) in [6, 6.07) is 18.7. The molecule has 0 atom stereocenters. The molecule has 4 aromatic rings. The minimum atomic E-state index is -0.402. The molecular formula is C30H31Cl4N7O3S. The highest BCUT2D eigenvalue weighted by atomic mass is 35.5. The van der Waals surface area contributed by atoms with Crippen LogP contribution in [0.2, 0.25) is 10.0 Å². The SMILES string of the molecule is Cl.Cl.O=C(CN1CCN(Cc2csc(-c3ccc(NC(=O)Nc4cc(Cl)cc(Cl)c4)cc3)n2)CC1)N/N=C/c1ccccc1O. The topological polar surface area (TPSA) is 122 Å². The maximum Gasteiger partial charge on any atom is 0.323 e. The monoisotopic (exact) mass is 709 g/mol. The molecule has 5 rings (SSSR count). The number of halogens is 4. The lowest BCUT2D eigenvalue weighted by Gasteiger charge is -2.33. The van der Waals surface area contributed by atoms with Crippen molar-refractivity contribution < 1.29 is 14.7 Å². The summed E-state index contributed by atoms with van der Waals surface area (Å²) >= 11 is 13.6. The summed E-state index contributed by atoms with van der Waals surface area (Å²) in [5.41, 5.74) is 6.16. The number of amides is 3. The summed E-state index contributed by atoms with van der Waals surface area (Å²) < 4.78 is 0. The first-order chi connectivity index (χ1) is 20.8. The second kappa shape index (κ2) is 17.3. The summed E-state index contributed by atoms with van der Waals surface area (Å²) in [7, 11) is 0. The number of carbonyl (C=O) groups is 2. The fourth-order valence-corrected chi connectivity index (χ4v) is 5.81. The number of para-hydroxylation sites is 1. The first-order valence-corrected chi connectivity index (χ1v) is 15.1. The van der Waals surface area contributed by atoms with E-state index in [0.717, 1.165) is 49.0 Å². The highest BCUT2D eigenvalue weighted by Crippen LogP contribution is 2.26. The molecule has 0 unspecified atom stereocenters. The third-order valence-electron chi connectivity index (χ3n) is 6.61. The maximum absolute atomic E-state index is 12.4. The second-order valence-corrected chi connectivity index (χ2v) is 11.6. The van der Waals surface area contributed by atoms with Crippen molar-refractivity contribution in [1.29, 1.82) is 0 Å². The summed E-state index contributed by atoms with van der Waals surface area (Å²) in [6.45, 7) is 4.17. The molecule has 1 saturated heterocycles. The minimum absolute atomic E-state index is 0. The van der Waals surface area contributed by atoms with Crippen LogP contribution in [0.4, 0.5) is 16.2 Å². The van der Waals surface area contributed by atoms with E-state index in [-0.39, 0.29) is 43.0 Å². The molecule has 1 aliphatic heterocycles. The van der Waals surface area contributed by atoms with Crippen LogP contribution in [0.3, 0.4) is 0 Å². The molecule has 0 bridgehead atoms. The Balaban J connectivity index is 0.00000276. The standard InChI is InChI=1S/C30H29Cl2N7O3S.2ClH/c31-22-13-23(32)15-25(14-22)36-30(42)35-24-7-5-20(6-8-24)29-34-26(19-43-29)17-38-9-11-39(12-10-38)18-28(41)37-33-16-21-3-1-2-4-27(21)40;;/h1-8,13-16,19,40H,9-12,17-18H2,(H,37,41)(H2,35,36,42);2*1H/b33-16+;;. The minimum Gasteiger partial charge on any atom is -0.507 e. The highest BCUT2D eigenvalue weighted by Gasteiger charge is 2.20. The van der Waals surface area contributed by atoms with E-state index in [4.69, 9.17) is 28.2 Å². The zero-order chi connectivity index (χ0) is 30.2. The van der Waals surface area contributed by atoms with Crippen molar-refractivity contribution in [3.63, 3.8) is 0 Å². The van der Waals surface area contributed by atoms with Crippen molar-refractivity contribution in [3.05, 3.63) is 93.4 Å². The summed E-state index contributed by atoms with van der Waals surface area (Å²) in [5.74, 6) is -0.0878. The molecule has 0 saturated carbocycles. The van der Waals surface area contributed by atoms with Crippen molar-refractivity contribution in [2.24, 2.45) is 5.10 Å². The Labute approximate surface area is 287 Å². The van der Waals surface area contributed by atoms with E-state index in [2.05, 4.69) is 36.3 Å². The van der Waals surface area contributed by atoms with E-state index in [1.54, 1.807) is 53.8 Å². The molecule has 2 heterocycles. The number of anilines is 2. The third-order valence-corrected chi connectivity index (χ3v) is 7.99. The van der Waals surface area contributed by atoms with Gasteiger partial charge in [-0.05, 0) is 54.6 Å². The zero-order valence-corrected chi connectivity index (χ0v) is 27.7. The Morgan fingerprint density at radius 1 is 0.911 bits per heavy atom. The molecule has 15 heteroatoms. The lowest BCUT2D eigenvalue weighted by Crippen LogP contribution is -2.48. The van der Waals surface area contributed by atoms with Crippen LogP contribution in [0.1, 0.15) is 11.3 Å². The predicted octanol–water partition coefficient (Wildman–Crippen LogP) is 6.58. The molecular weight excluding hydrogens is 680 g/mol. The van der Waals surface area contributed by atoms with Gasteiger partial charge in [-0.1, -0.05) is 35.3 Å². The summed E-state index contributed by atoms with van der Waals surface area (Å²) in [6.07, 6.45) is 1.43. The number of aromatic nitrogens is 1. The molecule has 1 aromatic heterocycles. The first kappa shape index (κ1) is 36.1. The van der Waals surface area contributed by atoms with E-state index in [1.807, 2.05) is 24.3 Å². The lowest BCUT2D eigenvalue weighted by atomic mass is 10.2. The number of hydrogen-bond donors (Lipinski definition) is 4. The van der Waals surface area contributed by atoms with Gasteiger partial charge in [0.1, 0.15) is 10.8 Å². The van der Waals surface area contributed by atoms with Crippen LogP contribution in [-0.4, -0.2) is 70.8 Å². The molecule has 0 spiro atoms. The van der Waals surface area contributed by atoms with Crippen molar-refractivity contribution in [3.8, 4) is 16.3 Å². The number of hydrogen-bond acceptors (Lipinski definition) is 8. The molecule has 4 N–H and O–H groups in total. The van der Waals surface area contributed by atoms with Crippen molar-refractivity contribution >= 4 is 88.9 Å². The Morgan fingerprint density at radius 3 is 2.24 bits per heavy atom. The Bertz CT molecular complexity index is 1590. The number of nitrogens with zero attached hydrogens (tertiary/aromatic N) is 4. The van der Waals surface area contributed by atoms with Crippen LogP contribution >= 0.6 is 59.4 Å². The van der Waals surface area contributed by atoms with Crippen LogP contribution in [0.25, 0.3) is 10.6 Å². The van der Waals surface area contributed by atoms with Crippen LogP contribution in [0.15, 0.2) is 77.2 Å². The first-order valence-electron chi connectivity index (χ1n) is 13.4. The summed E-state index contributed by atoms with van der Waals surface area (Å²) in [4.78, 5) is 33.9. The molecule has 45 heavy (non-hydrogen) atoms. The average Bonchev–Trinajstić information content (AvgIpc) is 3.43. The van der Waals surface area contributed by atoms with E-state index >= 15 is 0 Å². The number of urea groups is 1. The largest absolute Gasteiger partial charge is 0.507 e. The predicted molar refractivity (Wildman–Crippen MR) is 187 cm³/mol. The number of piperazine rings is 1. The van der Waals surface area contributed by atoms with Crippen molar-refractivity contribution in [2.45, 2.75) is 6.54 Å². The van der Waals surface area contributed by atoms with Gasteiger partial charge in [0.15, 0.2) is 0 Å². The highest BCUT2D eigenvalue weighted by molar-refractivity contribution is 7.13. The van der Waals surface area contributed by atoms with E-state index in [9.17, 15) is 14.7 Å². The average molecular weight is 712 g/mol. The molecule has 0 aliphatic carbocycles. The Kier molecular flexibility index (Phi) is 13.9. The molecule has 238 valence electrons. The number of carbonyl (C=O) groups excluding carboxylic acids is 2. The lowest BCUT2D eigenvalue weighted by molar-refractivity contribution is -0.122. The van der Waals surface area contributed by atoms with Gasteiger partial charge in [0.25, 0.3) is 5.91 Å². The number of hydrazone groups is 1. The maximum atomic E-state index is 12.4. The number of rotatable bonds is 9. The van der Waals surface area contributed by atoms with Crippen LogP contribution in [0.5, 0.6) is 5.75 Å². The number of aromatic hydroxyl groups is 1. The van der Waals surface area contributed by atoms with Crippen molar-refractivity contribution in [1.82, 2.24) is 20.2 Å². The number of phenolic OH excluding ortho intramolecular Hbond substituents is 1. The van der Waals surface area contributed by atoms with Gasteiger partial charge in [-0.15, -0.1) is 36.2 Å². The number of phenols is 1. The summed E-state index contributed by atoms with van der Waals surface area (Å²) in [5, 5.41) is 23.1. The van der Waals surface area contributed by atoms with Gasteiger partial charge in [-0.3, -0.25) is 14.6 Å². The molecule has 0 radical (unpaired) electrons. The second-order valence-electron chi connectivity index (χ2n) is 9.86. The number of nitrogens with one attached hydrogen (secondary N) is 3.